The molecule has 0 aromatic heterocycles. The summed E-state index contributed by atoms with van der Waals surface area (Å²) in [4.78, 5) is 38.4. The highest BCUT2D eigenvalue weighted by Crippen LogP contribution is 2.17. The van der Waals surface area contributed by atoms with Gasteiger partial charge < -0.3 is 14.2 Å². The van der Waals surface area contributed by atoms with Crippen LogP contribution in [0.5, 0.6) is 0 Å². The zero-order valence-electron chi connectivity index (χ0n) is 53.5. The van der Waals surface area contributed by atoms with Gasteiger partial charge in [-0.1, -0.05) is 298 Å². The van der Waals surface area contributed by atoms with E-state index < -0.39 is 6.10 Å². The molecule has 6 nitrogen and oxygen atoms in total. The second kappa shape index (κ2) is 68.8. The number of unbranched alkanes of at least 4 members (excludes halogenated alkanes) is 36. The van der Waals surface area contributed by atoms with Gasteiger partial charge in [0.25, 0.3) is 0 Å². The summed E-state index contributed by atoms with van der Waals surface area (Å²) in [5, 5.41) is 0. The smallest absolute Gasteiger partial charge is 0.306 e. The molecule has 0 aromatic rings. The van der Waals surface area contributed by atoms with Crippen LogP contribution in [0.15, 0.2) is 97.2 Å². The molecule has 0 radical (unpaired) electrons. The van der Waals surface area contributed by atoms with Crippen molar-refractivity contribution in [1.29, 1.82) is 0 Å². The third-order valence-corrected chi connectivity index (χ3v) is 15.0. The Kier molecular flexibility index (Phi) is 65.7. The van der Waals surface area contributed by atoms with E-state index in [2.05, 4.69) is 118 Å². The van der Waals surface area contributed by atoms with Gasteiger partial charge >= 0.3 is 17.9 Å². The molecule has 466 valence electrons. The van der Waals surface area contributed by atoms with Gasteiger partial charge in [0.1, 0.15) is 13.2 Å². The van der Waals surface area contributed by atoms with Crippen molar-refractivity contribution >= 4 is 17.9 Å². The lowest BCUT2D eigenvalue weighted by Gasteiger charge is -2.18. The Bertz CT molecular complexity index is 1580. The van der Waals surface area contributed by atoms with Gasteiger partial charge in [-0.2, -0.15) is 0 Å². The van der Waals surface area contributed by atoms with Gasteiger partial charge in [-0.25, -0.2) is 0 Å². The number of rotatable bonds is 63. The molecule has 0 N–H and O–H groups in total. The summed E-state index contributed by atoms with van der Waals surface area (Å²) in [5.41, 5.74) is 0. The topological polar surface area (TPSA) is 78.9 Å². The van der Waals surface area contributed by atoms with Crippen LogP contribution >= 0.6 is 0 Å². The van der Waals surface area contributed by atoms with Crippen LogP contribution in [-0.4, -0.2) is 37.2 Å². The SMILES string of the molecule is CC/C=C\C/C=C\C/C=C\C/C=C\CCCCCCCCCCCCCCCCC(=O)OCC(COC(=O)CCCCCCC/C=C\CCCCCC)OC(=O)CCCCCCCCCC/C=C\C/C=C\C/C=C\CCCCCCC. The monoisotopic (exact) mass is 1130 g/mol. The molecule has 0 saturated carbocycles. The number of hydrogen-bond donors (Lipinski definition) is 0. The van der Waals surface area contributed by atoms with Crippen LogP contribution < -0.4 is 0 Å². The molecule has 0 heterocycles. The Hall–Kier alpha value is -3.67. The average molecular weight is 1130 g/mol. The first kappa shape index (κ1) is 77.3. The first-order valence-corrected chi connectivity index (χ1v) is 34.7. The molecule has 1 atom stereocenters. The van der Waals surface area contributed by atoms with Crippen LogP contribution in [0.1, 0.15) is 342 Å². The summed E-state index contributed by atoms with van der Waals surface area (Å²) in [7, 11) is 0. The molecule has 0 amide bonds. The average Bonchev–Trinajstić information content (AvgIpc) is 3.46. The Morgan fingerprint density at radius 2 is 0.481 bits per heavy atom. The van der Waals surface area contributed by atoms with Crippen LogP contribution in [0.3, 0.4) is 0 Å². The molecule has 0 aliphatic carbocycles. The number of hydrogen-bond acceptors (Lipinski definition) is 6. The standard InChI is InChI=1S/C75H130O6/c1-4-7-10-13-16-19-22-25-27-29-31-33-35-36-37-38-40-41-43-45-47-50-53-56-59-62-65-68-74(77)80-71-72(70-79-73(76)67-64-61-58-55-52-49-24-21-18-15-12-9-6-3)81-75(78)69-66-63-60-57-54-51-48-46-44-42-39-34-32-30-28-26-23-20-17-14-11-8-5-2/h7,10,16,19,21,23-27,30-33,39,42,72H,4-6,8-9,11-15,17-18,20,22,28-29,34-38,40-41,43-71H2,1-3H3/b10-7-,19-16-,24-21-,26-23-,27-25-,32-30-,33-31-,42-39-. The predicted molar refractivity (Wildman–Crippen MR) is 353 cm³/mol. The van der Waals surface area contributed by atoms with Crippen molar-refractivity contribution < 1.29 is 28.6 Å². The number of carbonyl (C=O) groups is 3. The quantitative estimate of drug-likeness (QED) is 0.0261. The Morgan fingerprint density at radius 3 is 0.778 bits per heavy atom. The van der Waals surface area contributed by atoms with E-state index in [9.17, 15) is 14.4 Å². The van der Waals surface area contributed by atoms with Gasteiger partial charge in [0.15, 0.2) is 6.10 Å². The molecule has 0 aromatic carbocycles. The van der Waals surface area contributed by atoms with Crippen molar-refractivity contribution in [3.05, 3.63) is 97.2 Å². The molecule has 81 heavy (non-hydrogen) atoms. The largest absolute Gasteiger partial charge is 0.462 e. The number of carbonyl (C=O) groups excluding carboxylic acids is 3. The summed E-state index contributed by atoms with van der Waals surface area (Å²) in [6.07, 6.45) is 92.8. The van der Waals surface area contributed by atoms with Crippen molar-refractivity contribution in [2.45, 2.75) is 348 Å². The van der Waals surface area contributed by atoms with Crippen LogP contribution in [-0.2, 0) is 28.6 Å². The Morgan fingerprint density at radius 1 is 0.259 bits per heavy atom. The third kappa shape index (κ3) is 67.0. The number of esters is 3. The predicted octanol–water partition coefficient (Wildman–Crippen LogP) is 24.0. The minimum atomic E-state index is -0.787. The molecule has 0 bridgehead atoms. The Balaban J connectivity index is 4.29. The summed E-state index contributed by atoms with van der Waals surface area (Å²) >= 11 is 0. The molecule has 0 aliphatic rings. The van der Waals surface area contributed by atoms with Gasteiger partial charge in [0.2, 0.25) is 0 Å². The summed E-state index contributed by atoms with van der Waals surface area (Å²) in [6, 6.07) is 0. The van der Waals surface area contributed by atoms with Gasteiger partial charge in [-0.3, -0.25) is 14.4 Å². The van der Waals surface area contributed by atoms with Crippen LogP contribution in [0, 0.1) is 0 Å². The molecule has 1 unspecified atom stereocenters. The van der Waals surface area contributed by atoms with Crippen LogP contribution in [0.25, 0.3) is 0 Å². The summed E-state index contributed by atoms with van der Waals surface area (Å²) in [6.45, 7) is 6.52. The molecule has 0 spiro atoms. The molecule has 6 heteroatoms. The van der Waals surface area contributed by atoms with Crippen LogP contribution in [0.4, 0.5) is 0 Å². The molecule has 0 aliphatic heterocycles. The van der Waals surface area contributed by atoms with Crippen molar-refractivity contribution in [2.75, 3.05) is 13.2 Å². The van der Waals surface area contributed by atoms with Crippen molar-refractivity contribution in [1.82, 2.24) is 0 Å². The normalized spacial score (nSPS) is 12.7. The highest BCUT2D eigenvalue weighted by molar-refractivity contribution is 5.71. The summed E-state index contributed by atoms with van der Waals surface area (Å²) < 4.78 is 17.0. The third-order valence-electron chi connectivity index (χ3n) is 15.0. The van der Waals surface area contributed by atoms with E-state index in [1.807, 2.05) is 0 Å². The van der Waals surface area contributed by atoms with E-state index in [0.717, 1.165) is 109 Å². The fourth-order valence-electron chi connectivity index (χ4n) is 9.85. The second-order valence-electron chi connectivity index (χ2n) is 23.1. The van der Waals surface area contributed by atoms with Gasteiger partial charge in [0.05, 0.1) is 0 Å². The van der Waals surface area contributed by atoms with Crippen molar-refractivity contribution in [2.24, 2.45) is 0 Å². The molecular formula is C75H130O6. The highest BCUT2D eigenvalue weighted by atomic mass is 16.6. The molecule has 0 saturated heterocycles. The van der Waals surface area contributed by atoms with Gasteiger partial charge in [0, 0.05) is 19.3 Å². The van der Waals surface area contributed by atoms with Crippen molar-refractivity contribution in [3.8, 4) is 0 Å². The lowest BCUT2D eigenvalue weighted by atomic mass is 10.0. The first-order chi connectivity index (χ1) is 40.0. The molecular weight excluding hydrogens is 997 g/mol. The lowest BCUT2D eigenvalue weighted by Crippen LogP contribution is -2.30. The number of ether oxygens (including phenoxy) is 3. The van der Waals surface area contributed by atoms with Gasteiger partial charge in [-0.05, 0) is 122 Å². The van der Waals surface area contributed by atoms with Crippen LogP contribution in [0.2, 0.25) is 0 Å². The van der Waals surface area contributed by atoms with E-state index in [0.29, 0.717) is 19.3 Å². The van der Waals surface area contributed by atoms with E-state index in [-0.39, 0.29) is 31.1 Å². The zero-order valence-corrected chi connectivity index (χ0v) is 53.5. The maximum atomic E-state index is 12.9. The minimum Gasteiger partial charge on any atom is -0.462 e. The molecule has 0 fully saturated rings. The lowest BCUT2D eigenvalue weighted by molar-refractivity contribution is -0.167. The van der Waals surface area contributed by atoms with Crippen molar-refractivity contribution in [3.63, 3.8) is 0 Å². The fourth-order valence-corrected chi connectivity index (χ4v) is 9.85. The molecule has 0 rings (SSSR count). The zero-order chi connectivity index (χ0) is 58.5. The maximum absolute atomic E-state index is 12.9. The van der Waals surface area contributed by atoms with E-state index >= 15 is 0 Å². The number of allylic oxidation sites excluding steroid dienone is 16. The second-order valence-corrected chi connectivity index (χ2v) is 23.1. The van der Waals surface area contributed by atoms with E-state index in [4.69, 9.17) is 14.2 Å². The van der Waals surface area contributed by atoms with Gasteiger partial charge in [-0.15, -0.1) is 0 Å². The highest BCUT2D eigenvalue weighted by Gasteiger charge is 2.19. The Labute approximate surface area is 502 Å². The van der Waals surface area contributed by atoms with E-state index in [1.54, 1.807) is 0 Å². The fraction of sp³-hybridized carbons (Fsp3) is 0.747. The van der Waals surface area contributed by atoms with E-state index in [1.165, 1.54) is 193 Å². The first-order valence-electron chi connectivity index (χ1n) is 34.7. The maximum Gasteiger partial charge on any atom is 0.306 e. The summed E-state index contributed by atoms with van der Waals surface area (Å²) in [5.74, 6) is -0.884. The minimum absolute atomic E-state index is 0.0816.